The highest BCUT2D eigenvalue weighted by molar-refractivity contribution is 9.10. The third-order valence-corrected chi connectivity index (χ3v) is 3.91. The lowest BCUT2D eigenvalue weighted by molar-refractivity contribution is 0.0343. The standard InChI is InChI=1S/C13H15BrN2O/c14-12-3-1-2-11-10(8-15-13(11)12)9-16-4-6-17-7-5-16/h1-3,8,15H,4-7,9H2. The summed E-state index contributed by atoms with van der Waals surface area (Å²) >= 11 is 3.57. The van der Waals surface area contributed by atoms with Crippen molar-refractivity contribution in [1.29, 1.82) is 0 Å². The van der Waals surface area contributed by atoms with Crippen molar-refractivity contribution in [1.82, 2.24) is 9.88 Å². The SMILES string of the molecule is Brc1cccc2c(CN3CCOCC3)c[nH]c12. The van der Waals surface area contributed by atoms with Gasteiger partial charge in [-0.1, -0.05) is 12.1 Å². The molecule has 1 aliphatic heterocycles. The fourth-order valence-electron chi connectivity index (χ4n) is 2.31. The van der Waals surface area contributed by atoms with E-state index in [1.807, 2.05) is 0 Å². The zero-order valence-electron chi connectivity index (χ0n) is 9.58. The van der Waals surface area contributed by atoms with Crippen LogP contribution in [0.2, 0.25) is 0 Å². The highest BCUT2D eigenvalue weighted by atomic mass is 79.9. The smallest absolute Gasteiger partial charge is 0.0601 e. The number of fused-ring (bicyclic) bond motifs is 1. The number of para-hydroxylation sites is 1. The van der Waals surface area contributed by atoms with Gasteiger partial charge in [0.05, 0.1) is 18.7 Å². The van der Waals surface area contributed by atoms with E-state index in [-0.39, 0.29) is 0 Å². The molecule has 0 saturated carbocycles. The van der Waals surface area contributed by atoms with Crippen molar-refractivity contribution in [2.75, 3.05) is 26.3 Å². The first-order chi connectivity index (χ1) is 8.34. The lowest BCUT2D eigenvalue weighted by Crippen LogP contribution is -2.35. The van der Waals surface area contributed by atoms with E-state index in [0.717, 1.165) is 37.3 Å². The molecule has 1 saturated heterocycles. The van der Waals surface area contributed by atoms with Crippen molar-refractivity contribution in [3.05, 3.63) is 34.4 Å². The van der Waals surface area contributed by atoms with Crippen LogP contribution in [-0.2, 0) is 11.3 Å². The van der Waals surface area contributed by atoms with E-state index in [4.69, 9.17) is 4.74 Å². The number of ether oxygens (including phenoxy) is 1. The van der Waals surface area contributed by atoms with Crippen LogP contribution in [0.3, 0.4) is 0 Å². The number of hydrogen-bond donors (Lipinski definition) is 1. The molecule has 3 rings (SSSR count). The van der Waals surface area contributed by atoms with E-state index in [0.29, 0.717) is 0 Å². The lowest BCUT2D eigenvalue weighted by atomic mass is 10.1. The zero-order chi connectivity index (χ0) is 11.7. The van der Waals surface area contributed by atoms with E-state index in [2.05, 4.69) is 50.2 Å². The molecule has 1 aromatic heterocycles. The molecule has 1 aromatic carbocycles. The molecule has 1 N–H and O–H groups in total. The van der Waals surface area contributed by atoms with Crippen LogP contribution < -0.4 is 0 Å². The molecular weight excluding hydrogens is 280 g/mol. The molecule has 0 radical (unpaired) electrons. The lowest BCUT2D eigenvalue weighted by Gasteiger charge is -2.26. The van der Waals surface area contributed by atoms with E-state index >= 15 is 0 Å². The summed E-state index contributed by atoms with van der Waals surface area (Å²) in [6.07, 6.45) is 2.12. The molecule has 0 bridgehead atoms. The molecule has 0 aliphatic carbocycles. The number of nitrogens with one attached hydrogen (secondary N) is 1. The Balaban J connectivity index is 1.87. The first kappa shape index (κ1) is 11.3. The Morgan fingerprint density at radius 2 is 2.12 bits per heavy atom. The van der Waals surface area contributed by atoms with Gasteiger partial charge in [0.2, 0.25) is 0 Å². The molecule has 2 heterocycles. The Bertz CT molecular complexity index is 517. The van der Waals surface area contributed by atoms with Gasteiger partial charge in [0, 0.05) is 35.7 Å². The van der Waals surface area contributed by atoms with Gasteiger partial charge in [-0.3, -0.25) is 4.90 Å². The number of hydrogen-bond acceptors (Lipinski definition) is 2. The average Bonchev–Trinajstić information content (AvgIpc) is 2.76. The normalized spacial score (nSPS) is 17.7. The van der Waals surface area contributed by atoms with Crippen molar-refractivity contribution < 1.29 is 4.74 Å². The number of rotatable bonds is 2. The van der Waals surface area contributed by atoms with Crippen LogP contribution in [0.25, 0.3) is 10.9 Å². The number of benzene rings is 1. The van der Waals surface area contributed by atoms with Gasteiger partial charge in [-0.05, 0) is 27.6 Å². The summed E-state index contributed by atoms with van der Waals surface area (Å²) in [7, 11) is 0. The first-order valence-electron chi connectivity index (χ1n) is 5.89. The molecule has 0 atom stereocenters. The zero-order valence-corrected chi connectivity index (χ0v) is 11.2. The maximum atomic E-state index is 5.37. The number of H-pyrrole nitrogens is 1. The first-order valence-corrected chi connectivity index (χ1v) is 6.68. The number of nitrogens with zero attached hydrogens (tertiary/aromatic N) is 1. The van der Waals surface area contributed by atoms with Crippen molar-refractivity contribution in [2.24, 2.45) is 0 Å². The Labute approximate surface area is 109 Å². The van der Waals surface area contributed by atoms with Crippen LogP contribution in [-0.4, -0.2) is 36.2 Å². The van der Waals surface area contributed by atoms with Crippen LogP contribution in [0.5, 0.6) is 0 Å². The summed E-state index contributed by atoms with van der Waals surface area (Å²) in [5.41, 5.74) is 2.55. The topological polar surface area (TPSA) is 28.3 Å². The van der Waals surface area contributed by atoms with Gasteiger partial charge in [-0.15, -0.1) is 0 Å². The Kier molecular flexibility index (Phi) is 3.18. The van der Waals surface area contributed by atoms with Crippen LogP contribution >= 0.6 is 15.9 Å². The van der Waals surface area contributed by atoms with Gasteiger partial charge in [-0.2, -0.15) is 0 Å². The van der Waals surface area contributed by atoms with Crippen LogP contribution in [0.1, 0.15) is 5.56 Å². The maximum Gasteiger partial charge on any atom is 0.0601 e. The summed E-state index contributed by atoms with van der Waals surface area (Å²) in [6, 6.07) is 6.33. The Morgan fingerprint density at radius 3 is 2.94 bits per heavy atom. The van der Waals surface area contributed by atoms with Crippen LogP contribution in [0.4, 0.5) is 0 Å². The summed E-state index contributed by atoms with van der Waals surface area (Å²) in [4.78, 5) is 5.78. The summed E-state index contributed by atoms with van der Waals surface area (Å²) in [5.74, 6) is 0. The molecule has 0 unspecified atom stereocenters. The van der Waals surface area contributed by atoms with Gasteiger partial charge in [0.15, 0.2) is 0 Å². The van der Waals surface area contributed by atoms with Gasteiger partial charge in [-0.25, -0.2) is 0 Å². The molecule has 0 amide bonds. The number of aromatic amines is 1. The van der Waals surface area contributed by atoms with E-state index < -0.39 is 0 Å². The minimum atomic E-state index is 0.853. The van der Waals surface area contributed by atoms with E-state index in [1.165, 1.54) is 16.5 Å². The van der Waals surface area contributed by atoms with Crippen LogP contribution in [0.15, 0.2) is 28.9 Å². The fraction of sp³-hybridized carbons (Fsp3) is 0.385. The highest BCUT2D eigenvalue weighted by Gasteiger charge is 2.13. The monoisotopic (exact) mass is 294 g/mol. The van der Waals surface area contributed by atoms with Crippen molar-refractivity contribution in [2.45, 2.75) is 6.54 Å². The second-order valence-electron chi connectivity index (χ2n) is 4.36. The minimum absolute atomic E-state index is 0.853. The summed E-state index contributed by atoms with van der Waals surface area (Å²) < 4.78 is 6.50. The number of morpholine rings is 1. The van der Waals surface area contributed by atoms with Gasteiger partial charge >= 0.3 is 0 Å². The largest absolute Gasteiger partial charge is 0.379 e. The predicted octanol–water partition coefficient (Wildman–Crippen LogP) is 2.76. The molecular formula is C13H15BrN2O. The van der Waals surface area contributed by atoms with Gasteiger partial charge in [0.1, 0.15) is 0 Å². The minimum Gasteiger partial charge on any atom is -0.379 e. The molecule has 3 nitrogen and oxygen atoms in total. The van der Waals surface area contributed by atoms with Gasteiger partial charge in [0.25, 0.3) is 0 Å². The third-order valence-electron chi connectivity index (χ3n) is 3.25. The molecule has 17 heavy (non-hydrogen) atoms. The van der Waals surface area contributed by atoms with Crippen molar-refractivity contribution in [3.63, 3.8) is 0 Å². The maximum absolute atomic E-state index is 5.37. The molecule has 1 fully saturated rings. The second-order valence-corrected chi connectivity index (χ2v) is 5.22. The molecule has 0 spiro atoms. The summed E-state index contributed by atoms with van der Waals surface area (Å²) in [5, 5.41) is 1.31. The molecule has 4 heteroatoms. The molecule has 1 aliphatic rings. The number of aromatic nitrogens is 1. The van der Waals surface area contributed by atoms with E-state index in [1.54, 1.807) is 0 Å². The highest BCUT2D eigenvalue weighted by Crippen LogP contribution is 2.26. The predicted molar refractivity (Wildman–Crippen MR) is 72.1 cm³/mol. The van der Waals surface area contributed by atoms with Crippen molar-refractivity contribution >= 4 is 26.8 Å². The Morgan fingerprint density at radius 1 is 1.29 bits per heavy atom. The third kappa shape index (κ3) is 2.25. The van der Waals surface area contributed by atoms with E-state index in [9.17, 15) is 0 Å². The quantitative estimate of drug-likeness (QED) is 0.922. The average molecular weight is 295 g/mol. The Hall–Kier alpha value is -0.840. The van der Waals surface area contributed by atoms with Crippen molar-refractivity contribution in [3.8, 4) is 0 Å². The second kappa shape index (κ2) is 4.80. The fourth-order valence-corrected chi connectivity index (χ4v) is 2.79. The number of halogens is 1. The van der Waals surface area contributed by atoms with Crippen LogP contribution in [0, 0.1) is 0 Å². The van der Waals surface area contributed by atoms with Gasteiger partial charge < -0.3 is 9.72 Å². The molecule has 90 valence electrons. The summed E-state index contributed by atoms with van der Waals surface area (Å²) in [6.45, 7) is 4.76. The molecule has 2 aromatic rings.